The van der Waals surface area contributed by atoms with Gasteiger partial charge in [0.25, 0.3) is 6.47 Å². The molecule has 0 atom stereocenters. The zero-order valence-corrected chi connectivity index (χ0v) is 13.3. The Labute approximate surface area is 139 Å². The molecule has 6 heteroatoms. The number of carboxylic acid groups (broad SMARTS) is 1. The maximum Gasteiger partial charge on any atom is 0.290 e. The second-order valence-corrected chi connectivity index (χ2v) is 5.36. The average Bonchev–Trinajstić information content (AvgIpc) is 2.98. The standard InChI is InChI=1S/C16H16ClNO2.CH2O2/c17-14-3-1-11(5-6-18)16(8-14)20-15-4-2-12-9-19-10-13(12)7-15;2-1-3/h1-4,7-8H,5-6,9-10,18H2;1H,(H,2,3). The van der Waals surface area contributed by atoms with Gasteiger partial charge in [0.2, 0.25) is 0 Å². The molecule has 0 amide bonds. The van der Waals surface area contributed by atoms with Gasteiger partial charge in [0.1, 0.15) is 11.5 Å². The van der Waals surface area contributed by atoms with Gasteiger partial charge in [-0.3, -0.25) is 4.79 Å². The van der Waals surface area contributed by atoms with Crippen LogP contribution in [-0.2, 0) is 29.2 Å². The van der Waals surface area contributed by atoms with Crippen molar-refractivity contribution < 1.29 is 19.4 Å². The van der Waals surface area contributed by atoms with Crippen LogP contribution < -0.4 is 10.5 Å². The van der Waals surface area contributed by atoms with Crippen molar-refractivity contribution in [3.8, 4) is 11.5 Å². The van der Waals surface area contributed by atoms with E-state index in [1.165, 1.54) is 11.1 Å². The number of halogens is 1. The van der Waals surface area contributed by atoms with Crippen LogP contribution in [0.25, 0.3) is 0 Å². The lowest BCUT2D eigenvalue weighted by Gasteiger charge is -2.12. The second-order valence-electron chi connectivity index (χ2n) is 4.92. The summed E-state index contributed by atoms with van der Waals surface area (Å²) < 4.78 is 11.4. The molecule has 2 aromatic carbocycles. The Morgan fingerprint density at radius 1 is 1.22 bits per heavy atom. The van der Waals surface area contributed by atoms with Crippen molar-refractivity contribution in [2.45, 2.75) is 19.6 Å². The molecule has 0 radical (unpaired) electrons. The lowest BCUT2D eigenvalue weighted by Crippen LogP contribution is -2.04. The van der Waals surface area contributed by atoms with Gasteiger partial charge in [0.05, 0.1) is 13.2 Å². The van der Waals surface area contributed by atoms with Crippen molar-refractivity contribution in [1.82, 2.24) is 0 Å². The molecule has 0 aromatic heterocycles. The molecule has 0 bridgehead atoms. The molecule has 122 valence electrons. The van der Waals surface area contributed by atoms with Gasteiger partial charge in [0.15, 0.2) is 0 Å². The zero-order valence-electron chi connectivity index (χ0n) is 12.5. The Kier molecular flexibility index (Phi) is 6.40. The first-order valence-corrected chi connectivity index (χ1v) is 7.49. The third kappa shape index (κ3) is 4.69. The molecule has 1 aliphatic rings. The molecule has 0 fully saturated rings. The van der Waals surface area contributed by atoms with Crippen LogP contribution in [0.5, 0.6) is 11.5 Å². The first-order chi connectivity index (χ1) is 11.2. The minimum absolute atomic E-state index is 0.250. The number of hydrogen-bond acceptors (Lipinski definition) is 4. The van der Waals surface area contributed by atoms with Crippen LogP contribution >= 0.6 is 11.6 Å². The number of benzene rings is 2. The molecule has 23 heavy (non-hydrogen) atoms. The van der Waals surface area contributed by atoms with E-state index in [0.29, 0.717) is 24.8 Å². The topological polar surface area (TPSA) is 81.8 Å². The van der Waals surface area contributed by atoms with Crippen LogP contribution in [-0.4, -0.2) is 18.1 Å². The van der Waals surface area contributed by atoms with Crippen LogP contribution in [0.2, 0.25) is 5.02 Å². The molecule has 1 aliphatic heterocycles. The zero-order chi connectivity index (χ0) is 16.7. The van der Waals surface area contributed by atoms with Crippen molar-refractivity contribution in [1.29, 1.82) is 0 Å². The molecule has 3 rings (SSSR count). The van der Waals surface area contributed by atoms with Gasteiger partial charge in [-0.15, -0.1) is 0 Å². The largest absolute Gasteiger partial charge is 0.483 e. The molecule has 1 heterocycles. The summed E-state index contributed by atoms with van der Waals surface area (Å²) in [6, 6.07) is 11.7. The highest BCUT2D eigenvalue weighted by molar-refractivity contribution is 6.30. The van der Waals surface area contributed by atoms with Crippen molar-refractivity contribution in [2.24, 2.45) is 5.73 Å². The van der Waals surface area contributed by atoms with Gasteiger partial charge in [-0.05, 0) is 53.9 Å². The van der Waals surface area contributed by atoms with E-state index in [9.17, 15) is 0 Å². The van der Waals surface area contributed by atoms with E-state index in [-0.39, 0.29) is 6.47 Å². The molecule has 0 saturated carbocycles. The molecule has 5 nitrogen and oxygen atoms in total. The first-order valence-electron chi connectivity index (χ1n) is 7.11. The van der Waals surface area contributed by atoms with E-state index in [1.807, 2.05) is 36.4 Å². The lowest BCUT2D eigenvalue weighted by atomic mass is 10.1. The Balaban J connectivity index is 0.000000595. The Bertz CT molecular complexity index is 676. The molecular formula is C17H18ClNO4. The van der Waals surface area contributed by atoms with Crippen LogP contribution in [0.1, 0.15) is 16.7 Å². The summed E-state index contributed by atoms with van der Waals surface area (Å²) >= 11 is 6.05. The Morgan fingerprint density at radius 2 is 1.96 bits per heavy atom. The van der Waals surface area contributed by atoms with Crippen LogP contribution in [0, 0.1) is 0 Å². The van der Waals surface area contributed by atoms with Crippen LogP contribution in [0.15, 0.2) is 36.4 Å². The average molecular weight is 336 g/mol. The monoisotopic (exact) mass is 335 g/mol. The third-order valence-corrected chi connectivity index (χ3v) is 3.60. The van der Waals surface area contributed by atoms with E-state index in [0.717, 1.165) is 23.5 Å². The summed E-state index contributed by atoms with van der Waals surface area (Å²) in [6.07, 6.45) is 0.764. The lowest BCUT2D eigenvalue weighted by molar-refractivity contribution is -0.122. The number of carbonyl (C=O) groups is 1. The maximum atomic E-state index is 8.36. The van der Waals surface area contributed by atoms with E-state index in [2.05, 4.69) is 0 Å². The minimum atomic E-state index is -0.250. The van der Waals surface area contributed by atoms with Crippen LogP contribution in [0.4, 0.5) is 0 Å². The highest BCUT2D eigenvalue weighted by Crippen LogP contribution is 2.31. The van der Waals surface area contributed by atoms with Gasteiger partial charge in [-0.25, -0.2) is 0 Å². The third-order valence-electron chi connectivity index (χ3n) is 3.36. The van der Waals surface area contributed by atoms with Gasteiger partial charge in [-0.1, -0.05) is 23.7 Å². The van der Waals surface area contributed by atoms with E-state index in [1.54, 1.807) is 0 Å². The first kappa shape index (κ1) is 17.3. The molecular weight excluding hydrogens is 318 g/mol. The summed E-state index contributed by atoms with van der Waals surface area (Å²) in [6.45, 7) is 1.67. The maximum absolute atomic E-state index is 8.36. The van der Waals surface area contributed by atoms with E-state index in [4.69, 9.17) is 36.7 Å². The van der Waals surface area contributed by atoms with Crippen molar-refractivity contribution in [3.63, 3.8) is 0 Å². The second kappa shape index (κ2) is 8.53. The normalized spacial score (nSPS) is 12.1. The number of fused-ring (bicyclic) bond motifs is 1. The van der Waals surface area contributed by atoms with E-state index < -0.39 is 0 Å². The molecule has 0 unspecified atom stereocenters. The molecule has 0 saturated heterocycles. The predicted molar refractivity (Wildman–Crippen MR) is 87.9 cm³/mol. The summed E-state index contributed by atoms with van der Waals surface area (Å²) in [5.41, 5.74) is 9.11. The number of ether oxygens (including phenoxy) is 2. The fourth-order valence-corrected chi connectivity index (χ4v) is 2.49. The number of hydrogen-bond donors (Lipinski definition) is 2. The fraction of sp³-hybridized carbons (Fsp3) is 0.235. The van der Waals surface area contributed by atoms with Crippen molar-refractivity contribution in [3.05, 3.63) is 58.1 Å². The summed E-state index contributed by atoms with van der Waals surface area (Å²) in [4.78, 5) is 8.36. The van der Waals surface area contributed by atoms with Gasteiger partial charge < -0.3 is 20.3 Å². The summed E-state index contributed by atoms with van der Waals surface area (Å²) in [5.74, 6) is 1.57. The van der Waals surface area contributed by atoms with Crippen LogP contribution in [0.3, 0.4) is 0 Å². The highest BCUT2D eigenvalue weighted by Gasteiger charge is 2.13. The summed E-state index contributed by atoms with van der Waals surface area (Å²) in [7, 11) is 0. The van der Waals surface area contributed by atoms with Crippen molar-refractivity contribution in [2.75, 3.05) is 6.54 Å². The van der Waals surface area contributed by atoms with Crippen molar-refractivity contribution >= 4 is 18.1 Å². The Hall–Kier alpha value is -2.08. The Morgan fingerprint density at radius 3 is 2.70 bits per heavy atom. The highest BCUT2D eigenvalue weighted by atomic mass is 35.5. The molecule has 2 aromatic rings. The number of nitrogens with two attached hydrogens (primary N) is 1. The van der Waals surface area contributed by atoms with Gasteiger partial charge >= 0.3 is 0 Å². The molecule has 3 N–H and O–H groups in total. The molecule has 0 aliphatic carbocycles. The summed E-state index contributed by atoms with van der Waals surface area (Å²) in [5, 5.41) is 7.55. The fourth-order valence-electron chi connectivity index (χ4n) is 2.32. The minimum Gasteiger partial charge on any atom is -0.483 e. The number of rotatable bonds is 4. The van der Waals surface area contributed by atoms with Gasteiger partial charge in [0, 0.05) is 5.02 Å². The van der Waals surface area contributed by atoms with E-state index >= 15 is 0 Å². The predicted octanol–water partition coefficient (Wildman–Crippen LogP) is 3.36. The SMILES string of the molecule is NCCc1ccc(Cl)cc1Oc1ccc2c(c1)COC2.O=CO. The quantitative estimate of drug-likeness (QED) is 0.837. The molecule has 0 spiro atoms. The smallest absolute Gasteiger partial charge is 0.290 e. The van der Waals surface area contributed by atoms with Gasteiger partial charge in [-0.2, -0.15) is 0 Å².